The van der Waals surface area contributed by atoms with Crippen LogP contribution in [-0.4, -0.2) is 37.4 Å². The van der Waals surface area contributed by atoms with Crippen LogP contribution in [0.25, 0.3) is 6.08 Å². The van der Waals surface area contributed by atoms with E-state index < -0.39 is 0 Å². The molecule has 5 nitrogen and oxygen atoms in total. The van der Waals surface area contributed by atoms with Gasteiger partial charge in [0.25, 0.3) is 0 Å². The highest BCUT2D eigenvalue weighted by atomic mass is 127. The number of nitrogens with one attached hydrogen (secondary N) is 1. The van der Waals surface area contributed by atoms with Crippen LogP contribution in [0, 0.1) is 3.57 Å². The third-order valence-electron chi connectivity index (χ3n) is 3.40. The Kier molecular flexibility index (Phi) is 7.00. The Morgan fingerprint density at radius 2 is 1.92 bits per heavy atom. The predicted octanol–water partition coefficient (Wildman–Crippen LogP) is 3.41. The number of halogens is 1. The quantitative estimate of drug-likeness (QED) is 0.542. The van der Waals surface area contributed by atoms with Gasteiger partial charge in [-0.1, -0.05) is 12.1 Å². The highest BCUT2D eigenvalue weighted by Gasteiger charge is 2.10. The van der Waals surface area contributed by atoms with Crippen LogP contribution in [0.5, 0.6) is 5.75 Å². The molecule has 2 amide bonds. The molecule has 0 unspecified atom stereocenters. The van der Waals surface area contributed by atoms with Gasteiger partial charge < -0.3 is 15.0 Å². The zero-order valence-electron chi connectivity index (χ0n) is 14.0. The Morgan fingerprint density at radius 3 is 2.60 bits per heavy atom. The highest BCUT2D eigenvalue weighted by Crippen LogP contribution is 2.14. The van der Waals surface area contributed by atoms with Crippen molar-refractivity contribution in [3.8, 4) is 5.75 Å². The number of amides is 2. The first-order chi connectivity index (χ1) is 12.0. The van der Waals surface area contributed by atoms with Crippen molar-refractivity contribution >= 4 is 46.2 Å². The minimum atomic E-state index is -0.249. The second-order valence-electron chi connectivity index (χ2n) is 5.36. The van der Waals surface area contributed by atoms with Gasteiger partial charge in [-0.15, -0.1) is 0 Å². The molecular formula is C19H19IN2O3. The number of carbonyl (C=O) groups excluding carboxylic acids is 2. The summed E-state index contributed by atoms with van der Waals surface area (Å²) in [6.45, 7) is -0.0206. The van der Waals surface area contributed by atoms with Crippen LogP contribution >= 0.6 is 22.6 Å². The number of nitrogens with zero attached hydrogens (tertiary/aromatic N) is 1. The summed E-state index contributed by atoms with van der Waals surface area (Å²) in [7, 11) is 3.18. The first kappa shape index (κ1) is 19.0. The van der Waals surface area contributed by atoms with Crippen LogP contribution in [0.3, 0.4) is 0 Å². The van der Waals surface area contributed by atoms with Crippen molar-refractivity contribution in [2.24, 2.45) is 0 Å². The van der Waals surface area contributed by atoms with E-state index in [4.69, 9.17) is 4.74 Å². The second-order valence-corrected chi connectivity index (χ2v) is 6.60. The van der Waals surface area contributed by atoms with E-state index >= 15 is 0 Å². The van der Waals surface area contributed by atoms with Crippen LogP contribution in [0.1, 0.15) is 5.56 Å². The Morgan fingerprint density at radius 1 is 1.20 bits per heavy atom. The van der Waals surface area contributed by atoms with Gasteiger partial charge in [-0.2, -0.15) is 0 Å². The van der Waals surface area contributed by atoms with Crippen LogP contribution < -0.4 is 10.1 Å². The lowest BCUT2D eigenvalue weighted by molar-refractivity contribution is -0.129. The molecular weight excluding hydrogens is 431 g/mol. The summed E-state index contributed by atoms with van der Waals surface area (Å²) in [6, 6.07) is 14.8. The zero-order valence-corrected chi connectivity index (χ0v) is 16.2. The summed E-state index contributed by atoms with van der Waals surface area (Å²) in [5, 5.41) is 2.77. The Labute approximate surface area is 160 Å². The largest absolute Gasteiger partial charge is 0.497 e. The number of rotatable bonds is 6. The second kappa shape index (κ2) is 9.22. The molecule has 25 heavy (non-hydrogen) atoms. The standard InChI is InChI=1S/C19H19IN2O3/c1-22(13-18(23)21-16-9-7-15(20)8-10-16)19(24)11-6-14-4-3-5-17(12-14)25-2/h3-12H,13H2,1-2H3,(H,21,23)/b11-6+. The maximum absolute atomic E-state index is 12.1. The molecule has 0 aliphatic rings. The molecule has 2 aromatic rings. The smallest absolute Gasteiger partial charge is 0.246 e. The lowest BCUT2D eigenvalue weighted by Gasteiger charge is -2.15. The summed E-state index contributed by atoms with van der Waals surface area (Å²) in [5.74, 6) is 0.229. The number of anilines is 1. The number of hydrogen-bond acceptors (Lipinski definition) is 3. The van der Waals surface area contributed by atoms with E-state index in [0.29, 0.717) is 5.69 Å². The molecule has 0 bridgehead atoms. The summed E-state index contributed by atoms with van der Waals surface area (Å²) >= 11 is 2.20. The van der Waals surface area contributed by atoms with Crippen molar-refractivity contribution in [2.75, 3.05) is 26.0 Å². The van der Waals surface area contributed by atoms with Crippen molar-refractivity contribution in [3.05, 3.63) is 63.7 Å². The molecule has 130 valence electrons. The van der Waals surface area contributed by atoms with Gasteiger partial charge >= 0.3 is 0 Å². The van der Waals surface area contributed by atoms with Crippen molar-refractivity contribution in [2.45, 2.75) is 0 Å². The number of ether oxygens (including phenoxy) is 1. The fourth-order valence-corrected chi connectivity index (χ4v) is 2.43. The van der Waals surface area contributed by atoms with Gasteiger partial charge in [0.15, 0.2) is 0 Å². The van der Waals surface area contributed by atoms with E-state index in [0.717, 1.165) is 14.9 Å². The molecule has 6 heteroatoms. The summed E-state index contributed by atoms with van der Waals surface area (Å²) in [6.07, 6.45) is 3.13. The Bertz CT molecular complexity index is 772. The number of benzene rings is 2. The summed E-state index contributed by atoms with van der Waals surface area (Å²) in [5.41, 5.74) is 1.56. The van der Waals surface area contributed by atoms with E-state index in [1.807, 2.05) is 48.5 Å². The fourth-order valence-electron chi connectivity index (χ4n) is 2.07. The number of likely N-dealkylation sites (N-methyl/N-ethyl adjacent to an activating group) is 1. The molecule has 0 atom stereocenters. The number of carbonyl (C=O) groups is 2. The van der Waals surface area contributed by atoms with E-state index in [9.17, 15) is 9.59 Å². The van der Waals surface area contributed by atoms with Gasteiger partial charge in [-0.25, -0.2) is 0 Å². The number of hydrogen-bond donors (Lipinski definition) is 1. The van der Waals surface area contributed by atoms with E-state index in [1.165, 1.54) is 11.0 Å². The zero-order chi connectivity index (χ0) is 18.2. The monoisotopic (exact) mass is 450 g/mol. The molecule has 2 rings (SSSR count). The average molecular weight is 450 g/mol. The number of methoxy groups -OCH3 is 1. The molecule has 0 fully saturated rings. The molecule has 0 heterocycles. The summed E-state index contributed by atoms with van der Waals surface area (Å²) < 4.78 is 6.23. The van der Waals surface area contributed by atoms with Gasteiger partial charge in [0.2, 0.25) is 11.8 Å². The third kappa shape index (κ3) is 6.22. The minimum Gasteiger partial charge on any atom is -0.497 e. The van der Waals surface area contributed by atoms with Gasteiger partial charge in [0.1, 0.15) is 5.75 Å². The lowest BCUT2D eigenvalue weighted by atomic mass is 10.2. The summed E-state index contributed by atoms with van der Waals surface area (Å²) in [4.78, 5) is 25.5. The topological polar surface area (TPSA) is 58.6 Å². The SMILES string of the molecule is COc1cccc(/C=C/C(=O)N(C)CC(=O)Nc2ccc(I)cc2)c1. The Hall–Kier alpha value is -2.35. The van der Waals surface area contributed by atoms with Crippen molar-refractivity contribution in [1.82, 2.24) is 4.90 Å². The first-order valence-corrected chi connectivity index (χ1v) is 8.68. The fraction of sp³-hybridized carbons (Fsp3) is 0.158. The van der Waals surface area contributed by atoms with Gasteiger partial charge in [-0.05, 0) is 70.6 Å². The van der Waals surface area contributed by atoms with Crippen LogP contribution in [0.2, 0.25) is 0 Å². The van der Waals surface area contributed by atoms with Crippen LogP contribution in [0.15, 0.2) is 54.6 Å². The van der Waals surface area contributed by atoms with Gasteiger partial charge in [0, 0.05) is 22.4 Å². The third-order valence-corrected chi connectivity index (χ3v) is 4.12. The molecule has 0 aliphatic carbocycles. The molecule has 0 saturated carbocycles. The molecule has 0 spiro atoms. The van der Waals surface area contributed by atoms with Gasteiger partial charge in [-0.3, -0.25) is 9.59 Å². The molecule has 0 aliphatic heterocycles. The first-order valence-electron chi connectivity index (χ1n) is 7.60. The van der Waals surface area contributed by atoms with E-state index in [1.54, 1.807) is 20.2 Å². The normalized spacial score (nSPS) is 10.5. The lowest BCUT2D eigenvalue weighted by Crippen LogP contribution is -2.33. The molecule has 0 radical (unpaired) electrons. The highest BCUT2D eigenvalue weighted by molar-refractivity contribution is 14.1. The maximum atomic E-state index is 12.1. The predicted molar refractivity (Wildman–Crippen MR) is 107 cm³/mol. The maximum Gasteiger partial charge on any atom is 0.246 e. The van der Waals surface area contributed by atoms with Crippen molar-refractivity contribution in [1.29, 1.82) is 0 Å². The van der Waals surface area contributed by atoms with Crippen molar-refractivity contribution < 1.29 is 14.3 Å². The Balaban J connectivity index is 1.89. The molecule has 0 aromatic heterocycles. The van der Waals surface area contributed by atoms with Gasteiger partial charge in [0.05, 0.1) is 13.7 Å². The average Bonchev–Trinajstić information content (AvgIpc) is 2.61. The molecule has 0 saturated heterocycles. The van der Waals surface area contributed by atoms with E-state index in [-0.39, 0.29) is 18.4 Å². The molecule has 1 N–H and O–H groups in total. The molecule has 2 aromatic carbocycles. The minimum absolute atomic E-state index is 0.0206. The van der Waals surface area contributed by atoms with E-state index in [2.05, 4.69) is 27.9 Å². The van der Waals surface area contributed by atoms with Crippen LogP contribution in [-0.2, 0) is 9.59 Å². The van der Waals surface area contributed by atoms with Crippen LogP contribution in [0.4, 0.5) is 5.69 Å². The van der Waals surface area contributed by atoms with Crippen molar-refractivity contribution in [3.63, 3.8) is 0 Å².